The van der Waals surface area contributed by atoms with E-state index in [0.29, 0.717) is 5.92 Å². The average molecular weight is 228 g/mol. The first-order valence-electron chi connectivity index (χ1n) is 5.46. The van der Waals surface area contributed by atoms with Gasteiger partial charge in [-0.1, -0.05) is 18.6 Å². The van der Waals surface area contributed by atoms with Gasteiger partial charge in [0.1, 0.15) is 0 Å². The van der Waals surface area contributed by atoms with E-state index in [4.69, 9.17) is 18.0 Å². The van der Waals surface area contributed by atoms with Crippen LogP contribution in [0.15, 0.2) is 0 Å². The third-order valence-electron chi connectivity index (χ3n) is 3.40. The molecule has 0 aromatic rings. The monoisotopic (exact) mass is 228 g/mol. The van der Waals surface area contributed by atoms with Crippen molar-refractivity contribution in [3.8, 4) is 0 Å². The lowest BCUT2D eigenvalue weighted by Crippen LogP contribution is -2.50. The molecule has 0 aromatic carbocycles. The van der Waals surface area contributed by atoms with Gasteiger partial charge in [0.2, 0.25) is 5.91 Å². The first kappa shape index (κ1) is 12.4. The third-order valence-corrected chi connectivity index (χ3v) is 3.91. The van der Waals surface area contributed by atoms with Crippen LogP contribution in [0.4, 0.5) is 0 Å². The molecule has 1 atom stereocenters. The molecule has 1 fully saturated rings. The molecule has 1 aliphatic rings. The van der Waals surface area contributed by atoms with Crippen molar-refractivity contribution < 1.29 is 4.79 Å². The lowest BCUT2D eigenvalue weighted by Gasteiger charge is -2.34. The second kappa shape index (κ2) is 4.47. The van der Waals surface area contributed by atoms with Crippen LogP contribution < -0.4 is 11.1 Å². The lowest BCUT2D eigenvalue weighted by molar-refractivity contribution is -0.127. The van der Waals surface area contributed by atoms with E-state index in [1.807, 2.05) is 0 Å². The van der Waals surface area contributed by atoms with Gasteiger partial charge in [-0.3, -0.25) is 4.79 Å². The largest absolute Gasteiger partial charge is 0.392 e. The SMILES string of the molecule is CC(NC(=O)C(C)(C)C(N)=S)C1CCC1. The third kappa shape index (κ3) is 2.68. The summed E-state index contributed by atoms with van der Waals surface area (Å²) in [6.45, 7) is 5.58. The normalized spacial score (nSPS) is 19.1. The van der Waals surface area contributed by atoms with Crippen molar-refractivity contribution in [3.05, 3.63) is 0 Å². The van der Waals surface area contributed by atoms with Crippen molar-refractivity contribution in [2.45, 2.75) is 46.1 Å². The number of hydrogen-bond acceptors (Lipinski definition) is 2. The highest BCUT2D eigenvalue weighted by molar-refractivity contribution is 7.80. The zero-order valence-electron chi connectivity index (χ0n) is 9.67. The maximum atomic E-state index is 11.9. The van der Waals surface area contributed by atoms with Gasteiger partial charge in [-0.15, -0.1) is 0 Å². The summed E-state index contributed by atoms with van der Waals surface area (Å²) in [5.41, 5.74) is 4.80. The highest BCUT2D eigenvalue weighted by Gasteiger charge is 2.33. The predicted molar refractivity (Wildman–Crippen MR) is 65.5 cm³/mol. The zero-order valence-corrected chi connectivity index (χ0v) is 10.5. The average Bonchev–Trinajstić information content (AvgIpc) is 1.99. The number of nitrogens with two attached hydrogens (primary N) is 1. The summed E-state index contributed by atoms with van der Waals surface area (Å²) in [6, 6.07) is 0.236. The Morgan fingerprint density at radius 3 is 2.40 bits per heavy atom. The molecule has 1 aliphatic carbocycles. The van der Waals surface area contributed by atoms with Gasteiger partial charge in [0.15, 0.2) is 0 Å². The number of amides is 1. The summed E-state index contributed by atoms with van der Waals surface area (Å²) in [5, 5.41) is 3.00. The summed E-state index contributed by atoms with van der Waals surface area (Å²) >= 11 is 4.89. The topological polar surface area (TPSA) is 55.1 Å². The van der Waals surface area contributed by atoms with E-state index in [2.05, 4.69) is 12.2 Å². The number of nitrogens with one attached hydrogen (secondary N) is 1. The Kier molecular flexibility index (Phi) is 3.71. The molecule has 1 amide bonds. The van der Waals surface area contributed by atoms with E-state index in [1.54, 1.807) is 13.8 Å². The summed E-state index contributed by atoms with van der Waals surface area (Å²) in [5.74, 6) is 0.575. The van der Waals surface area contributed by atoms with Crippen molar-refractivity contribution in [1.29, 1.82) is 0 Å². The van der Waals surface area contributed by atoms with Crippen molar-refractivity contribution in [2.75, 3.05) is 0 Å². The molecule has 4 heteroatoms. The minimum atomic E-state index is -0.743. The fourth-order valence-corrected chi connectivity index (χ4v) is 1.65. The molecule has 0 radical (unpaired) electrons. The van der Waals surface area contributed by atoms with Crippen molar-refractivity contribution in [1.82, 2.24) is 5.32 Å². The predicted octanol–water partition coefficient (Wildman–Crippen LogP) is 1.60. The quantitative estimate of drug-likeness (QED) is 0.719. The van der Waals surface area contributed by atoms with Gasteiger partial charge in [-0.2, -0.15) is 0 Å². The van der Waals surface area contributed by atoms with Crippen molar-refractivity contribution >= 4 is 23.1 Å². The molecule has 0 saturated heterocycles. The minimum Gasteiger partial charge on any atom is -0.392 e. The summed E-state index contributed by atoms with van der Waals surface area (Å²) in [6.07, 6.45) is 3.72. The first-order chi connectivity index (χ1) is 6.85. The zero-order chi connectivity index (χ0) is 11.6. The highest BCUT2D eigenvalue weighted by Crippen LogP contribution is 2.30. The molecule has 0 bridgehead atoms. The second-order valence-corrected chi connectivity index (χ2v) is 5.38. The van der Waals surface area contributed by atoms with Crippen LogP contribution in [0, 0.1) is 11.3 Å². The van der Waals surface area contributed by atoms with Crippen LogP contribution in [0.3, 0.4) is 0 Å². The van der Waals surface area contributed by atoms with Gasteiger partial charge in [-0.25, -0.2) is 0 Å². The van der Waals surface area contributed by atoms with Crippen molar-refractivity contribution in [2.24, 2.45) is 17.1 Å². The molecule has 0 aliphatic heterocycles. The number of carbonyl (C=O) groups is 1. The molecule has 3 nitrogen and oxygen atoms in total. The maximum absolute atomic E-state index is 11.9. The number of rotatable bonds is 4. The van der Waals surface area contributed by atoms with Gasteiger partial charge < -0.3 is 11.1 Å². The second-order valence-electron chi connectivity index (χ2n) is 4.94. The minimum absolute atomic E-state index is 0.0607. The maximum Gasteiger partial charge on any atom is 0.232 e. The summed E-state index contributed by atoms with van der Waals surface area (Å²) in [4.78, 5) is 12.1. The number of hydrogen-bond donors (Lipinski definition) is 2. The molecule has 0 aromatic heterocycles. The van der Waals surface area contributed by atoms with Crippen LogP contribution >= 0.6 is 12.2 Å². The molecule has 86 valence electrons. The Morgan fingerprint density at radius 2 is 2.07 bits per heavy atom. The van der Waals surface area contributed by atoms with Crippen LogP contribution in [0.1, 0.15) is 40.0 Å². The Labute approximate surface area is 96.8 Å². The van der Waals surface area contributed by atoms with E-state index in [0.717, 1.165) is 0 Å². The van der Waals surface area contributed by atoms with Gasteiger partial charge in [0.25, 0.3) is 0 Å². The van der Waals surface area contributed by atoms with Gasteiger partial charge in [0.05, 0.1) is 10.4 Å². The summed E-state index contributed by atoms with van der Waals surface area (Å²) in [7, 11) is 0. The first-order valence-corrected chi connectivity index (χ1v) is 5.87. The van der Waals surface area contributed by atoms with E-state index < -0.39 is 5.41 Å². The Hall–Kier alpha value is -0.640. The van der Waals surface area contributed by atoms with E-state index in [1.165, 1.54) is 19.3 Å². The Balaban J connectivity index is 2.50. The van der Waals surface area contributed by atoms with Gasteiger partial charge in [-0.05, 0) is 39.5 Å². The van der Waals surface area contributed by atoms with Crippen LogP contribution in [-0.2, 0) is 4.79 Å². The number of carbonyl (C=O) groups excluding carboxylic acids is 1. The molecular formula is C11H20N2OS. The van der Waals surface area contributed by atoms with Crippen LogP contribution in [0.5, 0.6) is 0 Å². The molecule has 0 spiro atoms. The fraction of sp³-hybridized carbons (Fsp3) is 0.818. The number of thiocarbonyl (C=S) groups is 1. The highest BCUT2D eigenvalue weighted by atomic mass is 32.1. The smallest absolute Gasteiger partial charge is 0.232 e. The van der Waals surface area contributed by atoms with E-state index in [-0.39, 0.29) is 16.9 Å². The molecular weight excluding hydrogens is 208 g/mol. The Bertz CT molecular complexity index is 272. The van der Waals surface area contributed by atoms with Crippen LogP contribution in [-0.4, -0.2) is 16.9 Å². The van der Waals surface area contributed by atoms with Gasteiger partial charge in [0, 0.05) is 6.04 Å². The Morgan fingerprint density at radius 1 is 1.53 bits per heavy atom. The van der Waals surface area contributed by atoms with Crippen LogP contribution in [0.25, 0.3) is 0 Å². The molecule has 3 N–H and O–H groups in total. The van der Waals surface area contributed by atoms with Gasteiger partial charge >= 0.3 is 0 Å². The van der Waals surface area contributed by atoms with E-state index in [9.17, 15) is 4.79 Å². The standard InChI is InChI=1S/C11H20N2OS/c1-7(8-5-4-6-8)13-10(14)11(2,3)9(12)15/h7-8H,4-6H2,1-3H3,(H2,12,15)(H,13,14). The van der Waals surface area contributed by atoms with Crippen molar-refractivity contribution in [3.63, 3.8) is 0 Å². The summed E-state index contributed by atoms with van der Waals surface area (Å²) < 4.78 is 0. The van der Waals surface area contributed by atoms with E-state index >= 15 is 0 Å². The van der Waals surface area contributed by atoms with Crippen LogP contribution in [0.2, 0.25) is 0 Å². The molecule has 1 saturated carbocycles. The molecule has 1 rings (SSSR count). The molecule has 15 heavy (non-hydrogen) atoms. The molecule has 1 unspecified atom stereocenters. The molecule has 0 heterocycles. The lowest BCUT2D eigenvalue weighted by atomic mass is 9.80. The fourth-order valence-electron chi connectivity index (χ4n) is 1.56.